The number of para-hydroxylation sites is 1. The van der Waals surface area contributed by atoms with Gasteiger partial charge in [0.25, 0.3) is 0 Å². The second-order valence-corrected chi connectivity index (χ2v) is 6.89. The van der Waals surface area contributed by atoms with Gasteiger partial charge in [0.05, 0.1) is 6.04 Å². The second-order valence-electron chi connectivity index (χ2n) is 6.07. The summed E-state index contributed by atoms with van der Waals surface area (Å²) in [6.45, 7) is 1.77. The zero-order valence-electron chi connectivity index (χ0n) is 13.6. The highest BCUT2D eigenvalue weighted by Gasteiger charge is 2.30. The molecule has 1 atom stereocenters. The molecule has 1 aromatic heterocycles. The van der Waals surface area contributed by atoms with Gasteiger partial charge in [-0.05, 0) is 54.2 Å². The number of benzene rings is 2. The summed E-state index contributed by atoms with van der Waals surface area (Å²) in [4.78, 5) is 2.25. The highest BCUT2D eigenvalue weighted by atomic mass is 35.5. The Hall–Kier alpha value is -2.30. The molecule has 0 saturated heterocycles. The maximum absolute atomic E-state index is 6.08. The lowest BCUT2D eigenvalue weighted by atomic mass is 10.0. The number of halogens is 1. The molecule has 126 valence electrons. The van der Waals surface area contributed by atoms with E-state index in [2.05, 4.69) is 45.2 Å². The lowest BCUT2D eigenvalue weighted by Crippen LogP contribution is -2.44. The number of rotatable bonds is 2. The van der Waals surface area contributed by atoms with Crippen LogP contribution in [0.4, 0.5) is 5.69 Å². The van der Waals surface area contributed by atoms with E-state index in [1.54, 1.807) is 0 Å². The van der Waals surface area contributed by atoms with Crippen LogP contribution in [0.15, 0.2) is 72.9 Å². The highest BCUT2D eigenvalue weighted by Crippen LogP contribution is 2.33. The number of hydrogen-bond acceptors (Lipinski definition) is 1. The van der Waals surface area contributed by atoms with Crippen molar-refractivity contribution in [2.24, 2.45) is 0 Å². The summed E-state index contributed by atoms with van der Waals surface area (Å²) in [6.07, 6.45) is 2.13. The number of thiocarbonyl (C=S) groups is 1. The van der Waals surface area contributed by atoms with Crippen LogP contribution in [0.3, 0.4) is 0 Å². The zero-order chi connectivity index (χ0) is 17.2. The van der Waals surface area contributed by atoms with E-state index in [-0.39, 0.29) is 6.04 Å². The fraction of sp³-hybridized carbons (Fsp3) is 0.150. The summed E-state index contributed by atoms with van der Waals surface area (Å²) in [5.41, 5.74) is 3.43. The van der Waals surface area contributed by atoms with Gasteiger partial charge in [-0.2, -0.15) is 0 Å². The number of nitrogens with one attached hydrogen (secondary N) is 1. The molecule has 2 heterocycles. The normalized spacial score (nSPS) is 16.4. The van der Waals surface area contributed by atoms with Crippen molar-refractivity contribution in [2.75, 3.05) is 11.9 Å². The molecule has 0 saturated carbocycles. The van der Waals surface area contributed by atoms with E-state index in [1.807, 2.05) is 42.5 Å². The molecular formula is C20H18ClN3S. The molecule has 5 heteroatoms. The third-order valence-electron chi connectivity index (χ3n) is 4.51. The van der Waals surface area contributed by atoms with Crippen molar-refractivity contribution in [1.29, 1.82) is 0 Å². The van der Waals surface area contributed by atoms with Crippen LogP contribution in [0.25, 0.3) is 0 Å². The van der Waals surface area contributed by atoms with Gasteiger partial charge in [0.1, 0.15) is 0 Å². The molecule has 3 nitrogen and oxygen atoms in total. The fourth-order valence-electron chi connectivity index (χ4n) is 3.31. The monoisotopic (exact) mass is 367 g/mol. The minimum absolute atomic E-state index is 0.0738. The van der Waals surface area contributed by atoms with Crippen molar-refractivity contribution in [3.05, 3.63) is 89.2 Å². The highest BCUT2D eigenvalue weighted by molar-refractivity contribution is 7.80. The van der Waals surface area contributed by atoms with Gasteiger partial charge < -0.3 is 14.8 Å². The van der Waals surface area contributed by atoms with E-state index in [0.717, 1.165) is 28.9 Å². The molecule has 3 aromatic rings. The van der Waals surface area contributed by atoms with Crippen LogP contribution in [-0.2, 0) is 6.54 Å². The molecule has 1 aliphatic heterocycles. The first-order valence-corrected chi connectivity index (χ1v) is 9.04. The number of anilines is 1. The van der Waals surface area contributed by atoms with Gasteiger partial charge in [-0.3, -0.25) is 0 Å². The van der Waals surface area contributed by atoms with Crippen molar-refractivity contribution in [2.45, 2.75) is 12.6 Å². The molecule has 1 aliphatic rings. The average molecular weight is 368 g/mol. The number of aromatic nitrogens is 1. The van der Waals surface area contributed by atoms with Crippen LogP contribution < -0.4 is 5.32 Å². The second kappa shape index (κ2) is 6.90. The van der Waals surface area contributed by atoms with Crippen molar-refractivity contribution in [1.82, 2.24) is 9.47 Å². The largest absolute Gasteiger partial charge is 0.348 e. The lowest BCUT2D eigenvalue weighted by Gasteiger charge is -2.39. The lowest BCUT2D eigenvalue weighted by molar-refractivity contribution is 0.293. The molecule has 0 radical (unpaired) electrons. The van der Waals surface area contributed by atoms with E-state index in [0.29, 0.717) is 0 Å². The first kappa shape index (κ1) is 16.2. The van der Waals surface area contributed by atoms with Gasteiger partial charge in [-0.1, -0.05) is 41.9 Å². The minimum atomic E-state index is 0.0738. The summed E-state index contributed by atoms with van der Waals surface area (Å²) in [5, 5.41) is 4.84. The van der Waals surface area contributed by atoms with E-state index in [9.17, 15) is 0 Å². The number of fused-ring (bicyclic) bond motifs is 1. The Morgan fingerprint density at radius 1 is 0.960 bits per heavy atom. The van der Waals surface area contributed by atoms with Gasteiger partial charge in [-0.15, -0.1) is 0 Å². The van der Waals surface area contributed by atoms with E-state index >= 15 is 0 Å². The van der Waals surface area contributed by atoms with E-state index < -0.39 is 0 Å². The van der Waals surface area contributed by atoms with Crippen LogP contribution in [-0.4, -0.2) is 21.1 Å². The molecule has 2 aromatic carbocycles. The molecule has 0 fully saturated rings. The van der Waals surface area contributed by atoms with Gasteiger partial charge >= 0.3 is 0 Å². The van der Waals surface area contributed by atoms with Crippen LogP contribution in [0, 0.1) is 0 Å². The summed E-state index contributed by atoms with van der Waals surface area (Å²) >= 11 is 11.8. The van der Waals surface area contributed by atoms with E-state index in [1.165, 1.54) is 11.3 Å². The molecular weight excluding hydrogens is 350 g/mol. The zero-order valence-corrected chi connectivity index (χ0v) is 15.2. The molecule has 0 bridgehead atoms. The topological polar surface area (TPSA) is 20.2 Å². The molecule has 4 rings (SSSR count). The molecule has 0 aliphatic carbocycles. The van der Waals surface area contributed by atoms with Gasteiger partial charge in [-0.25, -0.2) is 0 Å². The van der Waals surface area contributed by atoms with Crippen molar-refractivity contribution in [3.8, 4) is 0 Å². The Balaban J connectivity index is 1.68. The molecule has 25 heavy (non-hydrogen) atoms. The van der Waals surface area contributed by atoms with E-state index in [4.69, 9.17) is 23.8 Å². The van der Waals surface area contributed by atoms with Crippen LogP contribution in [0.1, 0.15) is 17.3 Å². The third kappa shape index (κ3) is 3.28. The predicted octanol–water partition coefficient (Wildman–Crippen LogP) is 4.94. The molecule has 0 amide bonds. The summed E-state index contributed by atoms with van der Waals surface area (Å²) in [5.74, 6) is 0. The maximum Gasteiger partial charge on any atom is 0.174 e. The summed E-state index contributed by atoms with van der Waals surface area (Å²) in [7, 11) is 0. The van der Waals surface area contributed by atoms with Crippen LogP contribution in [0.5, 0.6) is 0 Å². The Bertz CT molecular complexity index is 873. The Labute approximate surface area is 157 Å². The van der Waals surface area contributed by atoms with Gasteiger partial charge in [0.2, 0.25) is 0 Å². The predicted molar refractivity (Wildman–Crippen MR) is 107 cm³/mol. The standard InChI is InChI=1S/C20H18ClN3S/c21-16-10-8-15(9-11-16)19-18-7-4-12-23(18)13-14-24(19)20(25)22-17-5-2-1-3-6-17/h1-12,19H,13-14H2,(H,22,25). The van der Waals surface area contributed by atoms with Crippen LogP contribution >= 0.6 is 23.8 Å². The Kier molecular flexibility index (Phi) is 4.47. The van der Waals surface area contributed by atoms with Crippen molar-refractivity contribution < 1.29 is 0 Å². The molecule has 0 spiro atoms. The van der Waals surface area contributed by atoms with Gasteiger partial charge in [0.15, 0.2) is 5.11 Å². The number of nitrogens with zero attached hydrogens (tertiary/aromatic N) is 2. The first-order valence-electron chi connectivity index (χ1n) is 8.25. The third-order valence-corrected chi connectivity index (χ3v) is 5.10. The smallest absolute Gasteiger partial charge is 0.174 e. The minimum Gasteiger partial charge on any atom is -0.348 e. The fourth-order valence-corrected chi connectivity index (χ4v) is 3.76. The first-order chi connectivity index (χ1) is 12.2. The van der Waals surface area contributed by atoms with Crippen molar-refractivity contribution >= 4 is 34.6 Å². The molecule has 1 N–H and O–H groups in total. The Morgan fingerprint density at radius 2 is 1.72 bits per heavy atom. The quantitative estimate of drug-likeness (QED) is 0.647. The summed E-state index contributed by atoms with van der Waals surface area (Å²) < 4.78 is 2.29. The maximum atomic E-state index is 6.08. The number of hydrogen-bond donors (Lipinski definition) is 1. The SMILES string of the molecule is S=C(Nc1ccccc1)N1CCn2cccc2C1c1ccc(Cl)cc1. The molecule has 1 unspecified atom stereocenters. The van der Waals surface area contributed by atoms with Crippen LogP contribution in [0.2, 0.25) is 5.02 Å². The summed E-state index contributed by atoms with van der Waals surface area (Å²) in [6, 6.07) is 22.4. The average Bonchev–Trinajstić information content (AvgIpc) is 3.11. The van der Waals surface area contributed by atoms with Gasteiger partial charge in [0, 0.05) is 35.7 Å². The van der Waals surface area contributed by atoms with Crippen molar-refractivity contribution in [3.63, 3.8) is 0 Å². The Morgan fingerprint density at radius 3 is 2.48 bits per heavy atom.